The molecule has 11 heteroatoms. The maximum absolute atomic E-state index is 14.1. The fourth-order valence-corrected chi connectivity index (χ4v) is 7.05. The van der Waals surface area contributed by atoms with E-state index in [4.69, 9.17) is 5.73 Å². The molecule has 11 nitrogen and oxygen atoms in total. The Morgan fingerprint density at radius 1 is 1.08 bits per heavy atom. The highest BCUT2D eigenvalue weighted by Gasteiger charge is 2.64. The Bertz CT molecular complexity index is 1340. The lowest BCUT2D eigenvalue weighted by Crippen LogP contribution is -2.65. The minimum absolute atomic E-state index is 0.0628. The smallest absolute Gasteiger partial charge is 0.255 e. The van der Waals surface area contributed by atoms with Crippen LogP contribution < -0.4 is 15.5 Å². The maximum atomic E-state index is 14.1. The van der Waals surface area contributed by atoms with E-state index in [1.54, 1.807) is 14.1 Å². The van der Waals surface area contributed by atoms with E-state index < -0.39 is 58.0 Å². The lowest BCUT2D eigenvalue weighted by molar-refractivity contribution is -0.153. The van der Waals surface area contributed by atoms with Gasteiger partial charge in [0.15, 0.2) is 11.4 Å². The van der Waals surface area contributed by atoms with Crippen molar-refractivity contribution >= 4 is 34.6 Å². The Hall–Kier alpha value is -3.57. The average Bonchev–Trinajstić information content (AvgIpc) is 2.86. The van der Waals surface area contributed by atoms with Crippen molar-refractivity contribution in [1.82, 2.24) is 4.90 Å². The van der Waals surface area contributed by atoms with Crippen LogP contribution >= 0.6 is 0 Å². The molecule has 0 bridgehead atoms. The van der Waals surface area contributed by atoms with Crippen LogP contribution in [0.3, 0.4) is 0 Å². The lowest BCUT2D eigenvalue weighted by atomic mass is 9.57. The number of amides is 1. The second kappa shape index (κ2) is 9.27. The van der Waals surface area contributed by atoms with E-state index in [0.29, 0.717) is 11.3 Å². The van der Waals surface area contributed by atoms with Crippen molar-refractivity contribution in [3.8, 4) is 5.75 Å². The van der Waals surface area contributed by atoms with Crippen LogP contribution in [0.25, 0.3) is 5.76 Å². The van der Waals surface area contributed by atoms with Gasteiger partial charge in [0.25, 0.3) is 5.91 Å². The number of fused-ring (bicyclic) bond motifs is 3. The molecule has 0 aromatic heterocycles. The summed E-state index contributed by atoms with van der Waals surface area (Å²) < 4.78 is 0. The number of hydrogen-bond donors (Lipinski definition) is 5. The van der Waals surface area contributed by atoms with Crippen LogP contribution in [0, 0.1) is 11.8 Å². The Balaban J connectivity index is 1.74. The molecule has 1 aromatic rings. The molecule has 4 aliphatic rings. The van der Waals surface area contributed by atoms with E-state index in [0.717, 1.165) is 38.0 Å². The minimum atomic E-state index is -2.64. The summed E-state index contributed by atoms with van der Waals surface area (Å²) in [7, 11) is 6.89. The van der Waals surface area contributed by atoms with Crippen molar-refractivity contribution in [2.75, 3.05) is 51.1 Å². The van der Waals surface area contributed by atoms with Crippen LogP contribution in [0.2, 0.25) is 0 Å². The normalized spacial score (nSPS) is 28.9. The van der Waals surface area contributed by atoms with Crippen molar-refractivity contribution in [1.29, 1.82) is 0 Å². The van der Waals surface area contributed by atoms with Gasteiger partial charge in [0.1, 0.15) is 22.8 Å². The first kappa shape index (κ1) is 27.0. The molecule has 6 N–H and O–H groups in total. The van der Waals surface area contributed by atoms with E-state index >= 15 is 0 Å². The second-order valence-corrected chi connectivity index (χ2v) is 11.5. The van der Waals surface area contributed by atoms with Gasteiger partial charge in [-0.15, -0.1) is 0 Å². The third kappa shape index (κ3) is 3.74. The number of nitrogens with zero attached hydrogens (tertiary/aromatic N) is 3. The largest absolute Gasteiger partial charge is 0.508 e. The molecule has 0 unspecified atom stereocenters. The van der Waals surface area contributed by atoms with E-state index in [9.17, 15) is 34.8 Å². The first-order valence-electron chi connectivity index (χ1n) is 13.3. The van der Waals surface area contributed by atoms with Crippen molar-refractivity contribution in [2.24, 2.45) is 17.6 Å². The summed E-state index contributed by atoms with van der Waals surface area (Å²) in [5.74, 6) is -6.42. The second-order valence-electron chi connectivity index (χ2n) is 11.5. The molecule has 1 saturated heterocycles. The third-order valence-electron chi connectivity index (χ3n) is 8.86. The molecule has 1 aromatic carbocycles. The van der Waals surface area contributed by atoms with Crippen molar-refractivity contribution in [3.63, 3.8) is 0 Å². The van der Waals surface area contributed by atoms with Crippen LogP contribution in [0.15, 0.2) is 23.0 Å². The number of piperidine rings is 1. The zero-order valence-electron chi connectivity index (χ0n) is 22.7. The van der Waals surface area contributed by atoms with E-state index in [1.165, 1.54) is 4.90 Å². The molecular formula is C28H36N4O7. The molecule has 5 rings (SSSR count). The summed E-state index contributed by atoms with van der Waals surface area (Å²) in [4.78, 5) is 44.9. The van der Waals surface area contributed by atoms with Gasteiger partial charge in [-0.2, -0.15) is 0 Å². The number of aliphatic hydroxyl groups is 3. The van der Waals surface area contributed by atoms with Gasteiger partial charge >= 0.3 is 0 Å². The number of anilines is 2. The predicted molar refractivity (Wildman–Crippen MR) is 145 cm³/mol. The number of aliphatic hydroxyl groups excluding tert-OH is 2. The van der Waals surface area contributed by atoms with E-state index in [-0.39, 0.29) is 29.7 Å². The average molecular weight is 541 g/mol. The summed E-state index contributed by atoms with van der Waals surface area (Å²) in [6.07, 6.45) is 3.35. The fraction of sp³-hybridized carbons (Fsp3) is 0.536. The summed E-state index contributed by atoms with van der Waals surface area (Å²) >= 11 is 0. The van der Waals surface area contributed by atoms with Crippen LogP contribution in [0.4, 0.5) is 11.4 Å². The number of ketones is 2. The van der Waals surface area contributed by atoms with Gasteiger partial charge in [0.05, 0.1) is 17.3 Å². The number of hydrogen-bond acceptors (Lipinski definition) is 10. The number of carbonyl (C=O) groups excluding carboxylic acids is 3. The number of phenols is 1. The topological polar surface area (TPSA) is 168 Å². The van der Waals surface area contributed by atoms with Crippen LogP contribution in [-0.4, -0.2) is 95.7 Å². The number of primary amides is 1. The molecule has 1 aliphatic heterocycles. The maximum Gasteiger partial charge on any atom is 0.255 e. The third-order valence-corrected chi connectivity index (χ3v) is 8.86. The molecule has 39 heavy (non-hydrogen) atoms. The summed E-state index contributed by atoms with van der Waals surface area (Å²) in [5.41, 5.74) is 3.90. The molecule has 1 amide bonds. The zero-order chi connectivity index (χ0) is 28.5. The standard InChI is InChI=1S/C28H36N4O7/c1-30(2)16-12-17(32-8-6-5-7-9-32)22(33)19-14(16)10-13-11-15-21(31(3)4)24(35)20(27(29)38)26(37)28(15,39)25(36)18(13)23(19)34/h12-13,15,21,33-34,37,39H,5-11H2,1-4H3,(H2,29,38)/t13-,15+,21-,28-/m0/s1. The van der Waals surface area contributed by atoms with Gasteiger partial charge in [-0.05, 0) is 63.7 Å². The predicted octanol–water partition coefficient (Wildman–Crippen LogP) is 1.02. The van der Waals surface area contributed by atoms with Crippen molar-refractivity contribution < 1.29 is 34.8 Å². The molecule has 1 saturated carbocycles. The van der Waals surface area contributed by atoms with Crippen LogP contribution in [0.1, 0.15) is 36.8 Å². The first-order valence-corrected chi connectivity index (χ1v) is 13.3. The van der Waals surface area contributed by atoms with Gasteiger partial charge in [-0.25, -0.2) is 0 Å². The summed E-state index contributed by atoms with van der Waals surface area (Å²) in [6.45, 7) is 1.49. The van der Waals surface area contributed by atoms with Gasteiger partial charge in [0, 0.05) is 44.4 Å². The SMILES string of the molecule is CN(C)c1cc(N2CCCCC2)c(O)c2c1C[C@H]1C[C@@H]3[C@H](N(C)C)C(=O)C(C(N)=O)=C(O)[C@@]3(O)C(=O)C1=C2O. The summed E-state index contributed by atoms with van der Waals surface area (Å²) in [5, 5.41) is 45.9. The van der Waals surface area contributed by atoms with Crippen LogP contribution in [-0.2, 0) is 20.8 Å². The lowest BCUT2D eigenvalue weighted by Gasteiger charge is -2.50. The van der Waals surface area contributed by atoms with Gasteiger partial charge in [0.2, 0.25) is 5.78 Å². The van der Waals surface area contributed by atoms with Crippen molar-refractivity contribution in [2.45, 2.75) is 43.7 Å². The Morgan fingerprint density at radius 3 is 2.28 bits per heavy atom. The Kier molecular flexibility index (Phi) is 6.42. The van der Waals surface area contributed by atoms with Crippen molar-refractivity contribution in [3.05, 3.63) is 34.1 Å². The van der Waals surface area contributed by atoms with Gasteiger partial charge in [-0.3, -0.25) is 19.3 Å². The Labute approximate surface area is 226 Å². The quantitative estimate of drug-likeness (QED) is 0.348. The number of carbonyl (C=O) groups is 3. The number of phenolic OH excluding ortho intramolecular Hbond substituents is 1. The monoisotopic (exact) mass is 540 g/mol. The van der Waals surface area contributed by atoms with Gasteiger partial charge in [-0.1, -0.05) is 0 Å². The molecule has 0 radical (unpaired) electrons. The number of nitrogens with two attached hydrogens (primary N) is 1. The van der Waals surface area contributed by atoms with Crippen LogP contribution in [0.5, 0.6) is 5.75 Å². The van der Waals surface area contributed by atoms with E-state index in [2.05, 4.69) is 4.90 Å². The van der Waals surface area contributed by atoms with Gasteiger partial charge < -0.3 is 36.0 Å². The highest BCUT2D eigenvalue weighted by atomic mass is 16.3. The highest BCUT2D eigenvalue weighted by molar-refractivity contribution is 6.24. The number of rotatable bonds is 4. The molecule has 2 fully saturated rings. The molecule has 4 atom stereocenters. The number of aromatic hydroxyl groups is 1. The highest BCUT2D eigenvalue weighted by Crippen LogP contribution is 2.55. The van der Waals surface area contributed by atoms with E-state index in [1.807, 2.05) is 25.1 Å². The summed E-state index contributed by atoms with van der Waals surface area (Å²) in [6, 6.07) is 0.796. The fourth-order valence-electron chi connectivity index (χ4n) is 7.05. The molecule has 210 valence electrons. The molecule has 0 spiro atoms. The first-order chi connectivity index (χ1) is 18.3. The number of Topliss-reactive ketones (excluding diaryl/α,β-unsaturated/α-hetero) is 2. The molecule has 3 aliphatic carbocycles. The number of benzene rings is 1. The number of likely N-dealkylation sites (N-methyl/N-ethyl adjacent to an activating group) is 1. The molecule has 1 heterocycles. The zero-order valence-corrected chi connectivity index (χ0v) is 22.7. The minimum Gasteiger partial charge on any atom is -0.508 e. The Morgan fingerprint density at radius 2 is 1.72 bits per heavy atom. The molecular weight excluding hydrogens is 504 g/mol.